The molecule has 1 N–H and O–H groups in total. The van der Waals surface area contributed by atoms with Crippen LogP contribution >= 0.6 is 7.92 Å². The van der Waals surface area contributed by atoms with Gasteiger partial charge in [0, 0.05) is 0 Å². The average Bonchev–Trinajstić information content (AvgIpc) is 2.89. The van der Waals surface area contributed by atoms with Crippen molar-refractivity contribution in [3.63, 3.8) is 0 Å². The third kappa shape index (κ3) is 3.29. The summed E-state index contributed by atoms with van der Waals surface area (Å²) in [6.07, 6.45) is 0. The lowest BCUT2D eigenvalue weighted by atomic mass is 9.90. The zero-order valence-electron chi connectivity index (χ0n) is 18.4. The molecule has 0 heterocycles. The highest BCUT2D eigenvalue weighted by molar-refractivity contribution is 7.80. The lowest BCUT2D eigenvalue weighted by molar-refractivity contribution is 0.475. The van der Waals surface area contributed by atoms with E-state index in [1.165, 1.54) is 59.0 Å². The molecule has 0 fully saturated rings. The third-order valence-corrected chi connectivity index (χ3v) is 9.33. The number of aromatic hydroxyl groups is 1. The van der Waals surface area contributed by atoms with Crippen molar-refractivity contribution in [1.29, 1.82) is 0 Å². The van der Waals surface area contributed by atoms with Gasteiger partial charge in [0.05, 0.1) is 8.41 Å². The van der Waals surface area contributed by atoms with Gasteiger partial charge < -0.3 is 5.11 Å². The van der Waals surface area contributed by atoms with Gasteiger partial charge in [0.2, 0.25) is 0 Å². The fraction of sp³-hybridized carbons (Fsp3) is 0. The average molecular weight is 466 g/mol. The maximum atomic E-state index is 9.99. The smallest absolute Gasteiger partial charge is 0.115 e. The Morgan fingerprint density at radius 1 is 0.429 bits per heavy atom. The van der Waals surface area contributed by atoms with E-state index in [0.717, 1.165) is 0 Å². The molecule has 3 heteroatoms. The lowest BCUT2D eigenvalue weighted by Gasteiger charge is -2.24. The van der Waals surface area contributed by atoms with Gasteiger partial charge in [0.15, 0.2) is 0 Å². The van der Waals surface area contributed by atoms with Gasteiger partial charge >= 0.3 is 0 Å². The van der Waals surface area contributed by atoms with Crippen LogP contribution in [-0.2, 0) is 0 Å². The molecular weight excluding hydrogens is 442 g/mol. The monoisotopic (exact) mass is 466 g/mol. The molecule has 0 saturated heterocycles. The summed E-state index contributed by atoms with van der Waals surface area (Å²) in [5.74, 6) is 0.299. The number of hydrogen-bond acceptors (Lipinski definition) is 1. The minimum Gasteiger partial charge on any atom is -0.508 e. The van der Waals surface area contributed by atoms with Crippen LogP contribution in [0.5, 0.6) is 5.75 Å². The molecule has 7 aromatic carbocycles. The van der Waals surface area contributed by atoms with Crippen molar-refractivity contribution in [2.75, 3.05) is 0 Å². The Hall–Kier alpha value is -3.87. The predicted molar refractivity (Wildman–Crippen MR) is 158 cm³/mol. The summed E-state index contributed by atoms with van der Waals surface area (Å²) >= 11 is 0. The molecule has 0 aromatic heterocycles. The van der Waals surface area contributed by atoms with Crippen LogP contribution in [0.15, 0.2) is 121 Å². The van der Waals surface area contributed by atoms with E-state index in [0.29, 0.717) is 5.75 Å². The number of rotatable bonds is 3. The molecule has 166 valence electrons. The Kier molecular flexibility index (Phi) is 5.21. The molecule has 0 amide bonds. The number of fused-ring (bicyclic) bond motifs is 2. The molecule has 1 atom stereocenters. The van der Waals surface area contributed by atoms with Crippen molar-refractivity contribution in [3.8, 4) is 5.75 Å². The maximum absolute atomic E-state index is 9.99. The van der Waals surface area contributed by atoms with Crippen LogP contribution in [0.4, 0.5) is 0 Å². The molecule has 35 heavy (non-hydrogen) atoms. The Morgan fingerprint density at radius 2 is 1.00 bits per heavy atom. The summed E-state index contributed by atoms with van der Waals surface area (Å²) in [5, 5.41) is 24.4. The maximum Gasteiger partial charge on any atom is 0.115 e. The zero-order chi connectivity index (χ0) is 22.6. The van der Waals surface area contributed by atoms with Gasteiger partial charge in [-0.3, -0.25) is 0 Å². The first-order valence-corrected chi connectivity index (χ1v) is 12.9. The number of hydrogen-bond donors (Lipinski definition) is 1. The van der Waals surface area contributed by atoms with E-state index < -0.39 is 7.92 Å². The SMILES string of the molecule is B.Oc1ccc(P(c2ccccc2)c2ccc3cccc4c5cccc6cccc(c2c34)c65)cc1. The molecule has 0 saturated carbocycles. The summed E-state index contributed by atoms with van der Waals surface area (Å²) in [4.78, 5) is 0. The van der Waals surface area contributed by atoms with Crippen LogP contribution in [0, 0.1) is 0 Å². The topological polar surface area (TPSA) is 20.2 Å². The molecule has 0 bridgehead atoms. The molecular formula is C32H24BOP. The Bertz CT molecular complexity index is 1800. The van der Waals surface area contributed by atoms with E-state index in [1.54, 1.807) is 0 Å². The first kappa shape index (κ1) is 21.7. The highest BCUT2D eigenvalue weighted by Crippen LogP contribution is 2.44. The van der Waals surface area contributed by atoms with Gasteiger partial charge in [-0.2, -0.15) is 0 Å². The molecule has 7 aromatic rings. The fourth-order valence-electron chi connectivity index (χ4n) is 5.43. The van der Waals surface area contributed by atoms with Gasteiger partial charge in [-0.1, -0.05) is 109 Å². The number of phenols is 1. The highest BCUT2D eigenvalue weighted by atomic mass is 31.1. The van der Waals surface area contributed by atoms with E-state index >= 15 is 0 Å². The Balaban J connectivity index is 0.00000229. The quantitative estimate of drug-likeness (QED) is 0.146. The summed E-state index contributed by atoms with van der Waals surface area (Å²) < 4.78 is 0. The van der Waals surface area contributed by atoms with Crippen LogP contribution in [0.3, 0.4) is 0 Å². The molecule has 0 aliphatic heterocycles. The van der Waals surface area contributed by atoms with Gasteiger partial charge in [0.25, 0.3) is 0 Å². The molecule has 0 spiro atoms. The number of benzene rings is 7. The summed E-state index contributed by atoms with van der Waals surface area (Å²) in [7, 11) is -0.820. The lowest BCUT2D eigenvalue weighted by Crippen LogP contribution is -2.21. The second-order valence-corrected chi connectivity index (χ2v) is 10.9. The van der Waals surface area contributed by atoms with Gasteiger partial charge in [-0.25, -0.2) is 0 Å². The van der Waals surface area contributed by atoms with Gasteiger partial charge in [0.1, 0.15) is 5.75 Å². The number of phenolic OH excluding ortho intramolecular Hbond substituents is 1. The summed E-state index contributed by atoms with van der Waals surface area (Å²) in [5.41, 5.74) is 0. The molecule has 1 unspecified atom stereocenters. The summed E-state index contributed by atoms with van der Waals surface area (Å²) in [6, 6.07) is 43.2. The highest BCUT2D eigenvalue weighted by Gasteiger charge is 2.22. The van der Waals surface area contributed by atoms with Crippen molar-refractivity contribution in [3.05, 3.63) is 121 Å². The third-order valence-electron chi connectivity index (χ3n) is 6.85. The predicted octanol–water partition coefficient (Wildman–Crippen LogP) is 6.02. The van der Waals surface area contributed by atoms with Gasteiger partial charge in [-0.05, 0) is 79.1 Å². The molecule has 0 aliphatic rings. The van der Waals surface area contributed by atoms with Crippen LogP contribution in [0.25, 0.3) is 43.1 Å². The Labute approximate surface area is 207 Å². The minimum absolute atomic E-state index is 0. The van der Waals surface area contributed by atoms with E-state index in [1.807, 2.05) is 12.1 Å². The van der Waals surface area contributed by atoms with Crippen LogP contribution in [0.2, 0.25) is 0 Å². The van der Waals surface area contributed by atoms with E-state index in [9.17, 15) is 5.11 Å². The second kappa shape index (κ2) is 8.41. The van der Waals surface area contributed by atoms with Gasteiger partial charge in [-0.15, -0.1) is 0 Å². The molecule has 1 nitrogen and oxygen atoms in total. The second-order valence-electron chi connectivity index (χ2n) is 8.76. The molecule has 0 aliphatic carbocycles. The normalized spacial score (nSPS) is 12.3. The first-order chi connectivity index (χ1) is 16.8. The largest absolute Gasteiger partial charge is 0.508 e. The first-order valence-electron chi connectivity index (χ1n) is 11.5. The molecule has 0 radical (unpaired) electrons. The van der Waals surface area contributed by atoms with E-state index in [4.69, 9.17) is 0 Å². The van der Waals surface area contributed by atoms with Crippen LogP contribution in [0.1, 0.15) is 0 Å². The van der Waals surface area contributed by atoms with Crippen molar-refractivity contribution < 1.29 is 5.11 Å². The zero-order valence-corrected chi connectivity index (χ0v) is 19.3. The summed E-state index contributed by atoms with van der Waals surface area (Å²) in [6.45, 7) is 0. The van der Waals surface area contributed by atoms with Crippen LogP contribution in [-0.4, -0.2) is 13.5 Å². The fourth-order valence-corrected chi connectivity index (χ4v) is 7.88. The van der Waals surface area contributed by atoms with Crippen LogP contribution < -0.4 is 15.9 Å². The van der Waals surface area contributed by atoms with E-state index in [2.05, 4.69) is 109 Å². The van der Waals surface area contributed by atoms with Crippen molar-refractivity contribution in [1.82, 2.24) is 0 Å². The van der Waals surface area contributed by atoms with E-state index in [-0.39, 0.29) is 8.41 Å². The van der Waals surface area contributed by atoms with Crippen molar-refractivity contribution in [2.24, 2.45) is 0 Å². The van der Waals surface area contributed by atoms with Crippen molar-refractivity contribution >= 4 is 75.3 Å². The van der Waals surface area contributed by atoms with Crippen molar-refractivity contribution in [2.45, 2.75) is 0 Å². The standard InChI is InChI=1S/C32H21OP.BH3/c33-23-16-18-25(19-17-23)34(24-10-2-1-3-11-24)29-20-15-22-9-5-13-27-26-12-4-7-21-8-6-14-28(30(21)26)32(29)31(22)27;/h1-20,33H;1H3. The minimum atomic E-state index is -0.820. The molecule has 7 rings (SSSR count). The Morgan fingerprint density at radius 3 is 1.69 bits per heavy atom.